The van der Waals surface area contributed by atoms with Crippen LogP contribution in [0.5, 0.6) is 0 Å². The van der Waals surface area contributed by atoms with Crippen LogP contribution in [0.2, 0.25) is 0 Å². The number of hydrogen-bond acceptors (Lipinski definition) is 2. The maximum absolute atomic E-state index is 3.67. The van der Waals surface area contributed by atoms with E-state index in [0.717, 1.165) is 0 Å². The highest BCUT2D eigenvalue weighted by molar-refractivity contribution is 6.22. The van der Waals surface area contributed by atoms with Crippen molar-refractivity contribution in [2.24, 2.45) is 0 Å². The van der Waals surface area contributed by atoms with Crippen molar-refractivity contribution in [3.8, 4) is 0 Å². The molecule has 0 spiro atoms. The Labute approximate surface area is 128 Å². The molecule has 0 amide bonds. The molecule has 0 aliphatic heterocycles. The quantitative estimate of drug-likeness (QED) is 0.371. The van der Waals surface area contributed by atoms with Crippen molar-refractivity contribution >= 4 is 32.3 Å². The van der Waals surface area contributed by atoms with Crippen molar-refractivity contribution < 1.29 is 0 Å². The minimum Gasteiger partial charge on any atom is -0.245 e. The number of aromatic nitrogens is 2. The standard InChI is InChI=1S/C16H10.C4H4N2/c1-3-11-7-9-13-5-2-6-14-10-8-12(4-1)15(11)16(13)14;1-2-5-4-6-3-1/h1-10H;1-4H. The number of benzene rings is 4. The van der Waals surface area contributed by atoms with Gasteiger partial charge in [-0.2, -0.15) is 0 Å². The van der Waals surface area contributed by atoms with E-state index < -0.39 is 0 Å². The molecule has 0 saturated carbocycles. The average Bonchev–Trinajstić information content (AvgIpc) is 2.62. The molecule has 0 N–H and O–H groups in total. The Morgan fingerprint density at radius 3 is 1.14 bits per heavy atom. The first kappa shape index (κ1) is 12.7. The van der Waals surface area contributed by atoms with Crippen LogP contribution in [0, 0.1) is 0 Å². The first-order valence-electron chi connectivity index (χ1n) is 7.26. The van der Waals surface area contributed by atoms with Gasteiger partial charge >= 0.3 is 0 Å². The summed E-state index contributed by atoms with van der Waals surface area (Å²) in [6, 6.07) is 23.6. The molecule has 0 aliphatic rings. The van der Waals surface area contributed by atoms with Gasteiger partial charge in [0.1, 0.15) is 6.33 Å². The van der Waals surface area contributed by atoms with E-state index in [-0.39, 0.29) is 0 Å². The van der Waals surface area contributed by atoms with E-state index in [9.17, 15) is 0 Å². The summed E-state index contributed by atoms with van der Waals surface area (Å²) in [5.74, 6) is 0. The lowest BCUT2D eigenvalue weighted by atomic mass is 9.95. The number of hydrogen-bond donors (Lipinski definition) is 0. The van der Waals surface area contributed by atoms with Crippen molar-refractivity contribution in [3.05, 3.63) is 85.5 Å². The van der Waals surface area contributed by atoms with Crippen molar-refractivity contribution in [2.75, 3.05) is 0 Å². The lowest BCUT2D eigenvalue weighted by Crippen LogP contribution is -1.82. The fourth-order valence-corrected chi connectivity index (χ4v) is 2.92. The second-order valence-electron chi connectivity index (χ2n) is 5.19. The van der Waals surface area contributed by atoms with E-state index in [0.29, 0.717) is 0 Å². The van der Waals surface area contributed by atoms with E-state index in [1.54, 1.807) is 18.5 Å². The molecule has 5 rings (SSSR count). The zero-order chi connectivity index (χ0) is 14.8. The predicted octanol–water partition coefficient (Wildman–Crippen LogP) is 5.06. The molecule has 0 unspecified atom stereocenters. The highest BCUT2D eigenvalue weighted by atomic mass is 14.8. The van der Waals surface area contributed by atoms with Gasteiger partial charge in [0.2, 0.25) is 0 Å². The van der Waals surface area contributed by atoms with Crippen molar-refractivity contribution in [2.45, 2.75) is 0 Å². The minimum atomic E-state index is 1.34. The van der Waals surface area contributed by atoms with Crippen LogP contribution >= 0.6 is 0 Å². The molecule has 2 nitrogen and oxygen atoms in total. The molecule has 4 aromatic carbocycles. The van der Waals surface area contributed by atoms with Gasteiger partial charge < -0.3 is 0 Å². The van der Waals surface area contributed by atoms with Crippen LogP contribution in [0.15, 0.2) is 85.5 Å². The summed E-state index contributed by atoms with van der Waals surface area (Å²) < 4.78 is 0. The molecule has 1 heterocycles. The van der Waals surface area contributed by atoms with Crippen LogP contribution in [-0.2, 0) is 0 Å². The average molecular weight is 282 g/mol. The zero-order valence-electron chi connectivity index (χ0n) is 12.0. The Morgan fingerprint density at radius 1 is 0.455 bits per heavy atom. The van der Waals surface area contributed by atoms with Gasteiger partial charge in [-0.3, -0.25) is 0 Å². The van der Waals surface area contributed by atoms with Crippen molar-refractivity contribution in [1.82, 2.24) is 9.97 Å². The molecule has 5 aromatic rings. The summed E-state index contributed by atoms with van der Waals surface area (Å²) in [5, 5.41) is 8.14. The van der Waals surface area contributed by atoms with Crippen LogP contribution in [-0.4, -0.2) is 9.97 Å². The Bertz CT molecular complexity index is 866. The largest absolute Gasteiger partial charge is 0.245 e. The van der Waals surface area contributed by atoms with Gasteiger partial charge in [0.25, 0.3) is 0 Å². The monoisotopic (exact) mass is 282 g/mol. The molecular formula is C20H14N2. The fraction of sp³-hybridized carbons (Fsp3) is 0. The van der Waals surface area contributed by atoms with E-state index in [1.807, 2.05) is 0 Å². The second-order valence-corrected chi connectivity index (χ2v) is 5.19. The Morgan fingerprint density at radius 2 is 0.864 bits per heavy atom. The second kappa shape index (κ2) is 5.41. The Balaban J connectivity index is 0.000000177. The van der Waals surface area contributed by atoms with Gasteiger partial charge in [0.15, 0.2) is 0 Å². The lowest BCUT2D eigenvalue weighted by Gasteiger charge is -2.09. The van der Waals surface area contributed by atoms with Crippen LogP contribution < -0.4 is 0 Å². The summed E-state index contributed by atoms with van der Waals surface area (Å²) in [5.41, 5.74) is 0. The lowest BCUT2D eigenvalue weighted by molar-refractivity contribution is 1.17. The highest BCUT2D eigenvalue weighted by Crippen LogP contribution is 2.33. The summed E-state index contributed by atoms with van der Waals surface area (Å²) in [4.78, 5) is 7.35. The third kappa shape index (κ3) is 2.15. The summed E-state index contributed by atoms with van der Waals surface area (Å²) in [7, 11) is 0. The normalized spacial score (nSPS) is 10.7. The Hall–Kier alpha value is -3.00. The van der Waals surface area contributed by atoms with Crippen LogP contribution in [0.25, 0.3) is 32.3 Å². The zero-order valence-corrected chi connectivity index (χ0v) is 12.0. The van der Waals surface area contributed by atoms with Crippen LogP contribution in [0.4, 0.5) is 0 Å². The number of rotatable bonds is 0. The molecule has 22 heavy (non-hydrogen) atoms. The van der Waals surface area contributed by atoms with Gasteiger partial charge in [-0.15, -0.1) is 0 Å². The summed E-state index contributed by atoms with van der Waals surface area (Å²) in [6.07, 6.45) is 4.88. The maximum atomic E-state index is 3.67. The van der Waals surface area contributed by atoms with E-state index in [4.69, 9.17) is 0 Å². The molecule has 104 valence electrons. The topological polar surface area (TPSA) is 25.8 Å². The number of nitrogens with zero attached hydrogens (tertiary/aromatic N) is 2. The molecule has 0 fully saturated rings. The van der Waals surface area contributed by atoms with E-state index in [1.165, 1.54) is 38.6 Å². The van der Waals surface area contributed by atoms with Crippen molar-refractivity contribution in [1.29, 1.82) is 0 Å². The van der Waals surface area contributed by atoms with Gasteiger partial charge in [0, 0.05) is 12.4 Å². The summed E-state index contributed by atoms with van der Waals surface area (Å²) >= 11 is 0. The fourth-order valence-electron chi connectivity index (χ4n) is 2.92. The first-order chi connectivity index (χ1) is 10.9. The Kier molecular flexibility index (Phi) is 3.13. The SMILES string of the molecule is c1cc2ccc3cccc4ccc(c1)c2c34.c1cncnc1. The van der Waals surface area contributed by atoms with Gasteiger partial charge in [-0.1, -0.05) is 60.7 Å². The van der Waals surface area contributed by atoms with Crippen molar-refractivity contribution in [3.63, 3.8) is 0 Å². The molecule has 1 aromatic heterocycles. The first-order valence-corrected chi connectivity index (χ1v) is 7.26. The minimum absolute atomic E-state index is 1.34. The molecule has 0 bridgehead atoms. The molecule has 0 aliphatic carbocycles. The van der Waals surface area contributed by atoms with Crippen LogP contribution in [0.1, 0.15) is 0 Å². The molecule has 0 atom stereocenters. The molecule has 2 heteroatoms. The highest BCUT2D eigenvalue weighted by Gasteiger charge is 2.05. The smallest absolute Gasteiger partial charge is 0.115 e. The third-order valence-corrected chi connectivity index (χ3v) is 3.87. The summed E-state index contributed by atoms with van der Waals surface area (Å²) in [6.45, 7) is 0. The van der Waals surface area contributed by atoms with Gasteiger partial charge in [-0.05, 0) is 38.4 Å². The van der Waals surface area contributed by atoms with Gasteiger partial charge in [0.05, 0.1) is 0 Å². The molecule has 0 saturated heterocycles. The van der Waals surface area contributed by atoms with E-state index >= 15 is 0 Å². The molecule has 0 radical (unpaired) electrons. The maximum Gasteiger partial charge on any atom is 0.115 e. The van der Waals surface area contributed by atoms with E-state index in [2.05, 4.69) is 70.6 Å². The third-order valence-electron chi connectivity index (χ3n) is 3.87. The predicted molar refractivity (Wildman–Crippen MR) is 92.2 cm³/mol. The van der Waals surface area contributed by atoms with Crippen LogP contribution in [0.3, 0.4) is 0 Å². The molecular weight excluding hydrogens is 268 g/mol. The van der Waals surface area contributed by atoms with Gasteiger partial charge in [-0.25, -0.2) is 9.97 Å².